The fraction of sp³-hybridized carbons (Fsp3) is 0.455. The van der Waals surface area contributed by atoms with Crippen LogP contribution in [0.1, 0.15) is 19.3 Å². The van der Waals surface area contributed by atoms with Gasteiger partial charge in [-0.05, 0) is 53.4 Å². The van der Waals surface area contributed by atoms with E-state index in [1.807, 2.05) is 18.2 Å². The monoisotopic (exact) mass is 288 g/mol. The SMILES string of the molecule is NCC1(Nc2ccc(Cl)c(Br)c2)CCC1. The minimum absolute atomic E-state index is 0.118. The topological polar surface area (TPSA) is 38.0 Å². The maximum atomic E-state index is 5.93. The zero-order valence-corrected chi connectivity index (χ0v) is 10.7. The van der Waals surface area contributed by atoms with Crippen molar-refractivity contribution in [3.63, 3.8) is 0 Å². The van der Waals surface area contributed by atoms with Gasteiger partial charge in [0.2, 0.25) is 0 Å². The summed E-state index contributed by atoms with van der Waals surface area (Å²) < 4.78 is 0.917. The molecule has 1 saturated carbocycles. The lowest BCUT2D eigenvalue weighted by molar-refractivity contribution is 0.287. The number of nitrogens with two attached hydrogens (primary N) is 1. The highest BCUT2D eigenvalue weighted by Crippen LogP contribution is 2.35. The standard InChI is InChI=1S/C11H14BrClN2/c12-9-6-8(2-3-10(9)13)15-11(7-14)4-1-5-11/h2-3,6,15H,1,4-5,7,14H2. The highest BCUT2D eigenvalue weighted by molar-refractivity contribution is 9.10. The molecule has 4 heteroatoms. The van der Waals surface area contributed by atoms with Crippen molar-refractivity contribution in [2.24, 2.45) is 5.73 Å². The molecule has 0 aliphatic heterocycles. The first-order valence-corrected chi connectivity index (χ1v) is 6.26. The van der Waals surface area contributed by atoms with E-state index in [-0.39, 0.29) is 5.54 Å². The molecule has 0 atom stereocenters. The molecule has 15 heavy (non-hydrogen) atoms. The third-order valence-corrected chi connectivity index (χ3v) is 4.24. The molecule has 1 aromatic rings. The largest absolute Gasteiger partial charge is 0.378 e. The summed E-state index contributed by atoms with van der Waals surface area (Å²) in [6, 6.07) is 5.87. The van der Waals surface area contributed by atoms with E-state index in [4.69, 9.17) is 17.3 Å². The number of hydrogen-bond acceptors (Lipinski definition) is 2. The van der Waals surface area contributed by atoms with Crippen LogP contribution in [0, 0.1) is 0 Å². The summed E-state index contributed by atoms with van der Waals surface area (Å²) in [5.41, 5.74) is 6.98. The summed E-state index contributed by atoms with van der Waals surface area (Å²) in [6.45, 7) is 0.688. The van der Waals surface area contributed by atoms with Gasteiger partial charge < -0.3 is 11.1 Å². The molecule has 82 valence electrons. The van der Waals surface area contributed by atoms with Crippen LogP contribution in [0.5, 0.6) is 0 Å². The molecule has 0 bridgehead atoms. The van der Waals surface area contributed by atoms with Crippen molar-refractivity contribution >= 4 is 33.2 Å². The number of hydrogen-bond donors (Lipinski definition) is 2. The minimum Gasteiger partial charge on any atom is -0.378 e. The first kappa shape index (κ1) is 11.2. The molecule has 0 amide bonds. The predicted octanol–water partition coefficient (Wildman–Crippen LogP) is 3.40. The highest BCUT2D eigenvalue weighted by Gasteiger charge is 2.35. The molecule has 0 radical (unpaired) electrons. The summed E-state index contributed by atoms with van der Waals surface area (Å²) in [4.78, 5) is 0. The average molecular weight is 290 g/mol. The van der Waals surface area contributed by atoms with Crippen molar-refractivity contribution in [2.75, 3.05) is 11.9 Å². The van der Waals surface area contributed by atoms with E-state index in [0.29, 0.717) is 6.54 Å². The molecule has 1 fully saturated rings. The molecule has 0 aromatic heterocycles. The van der Waals surface area contributed by atoms with Crippen LogP contribution < -0.4 is 11.1 Å². The maximum Gasteiger partial charge on any atom is 0.0549 e. The zero-order valence-electron chi connectivity index (χ0n) is 8.39. The third kappa shape index (κ3) is 2.30. The second kappa shape index (κ2) is 4.32. The molecule has 1 aliphatic rings. The lowest BCUT2D eigenvalue weighted by Gasteiger charge is -2.42. The minimum atomic E-state index is 0.118. The van der Waals surface area contributed by atoms with E-state index < -0.39 is 0 Å². The Bertz CT molecular complexity index is 358. The van der Waals surface area contributed by atoms with Crippen molar-refractivity contribution in [1.29, 1.82) is 0 Å². The summed E-state index contributed by atoms with van der Waals surface area (Å²) in [7, 11) is 0. The average Bonchev–Trinajstić information content (AvgIpc) is 2.17. The van der Waals surface area contributed by atoms with Gasteiger partial charge in [0.05, 0.1) is 5.02 Å². The quantitative estimate of drug-likeness (QED) is 0.895. The van der Waals surface area contributed by atoms with Gasteiger partial charge in [0, 0.05) is 22.2 Å². The van der Waals surface area contributed by atoms with E-state index >= 15 is 0 Å². The van der Waals surface area contributed by atoms with Gasteiger partial charge in [0.15, 0.2) is 0 Å². The number of rotatable bonds is 3. The molecular formula is C11H14BrClN2. The van der Waals surface area contributed by atoms with Gasteiger partial charge in [-0.3, -0.25) is 0 Å². The summed E-state index contributed by atoms with van der Waals surface area (Å²) >= 11 is 9.35. The molecule has 0 spiro atoms. The van der Waals surface area contributed by atoms with Crippen LogP contribution >= 0.6 is 27.5 Å². The second-order valence-corrected chi connectivity index (χ2v) is 5.35. The zero-order chi connectivity index (χ0) is 10.9. The smallest absolute Gasteiger partial charge is 0.0549 e. The van der Waals surface area contributed by atoms with Gasteiger partial charge in [0.1, 0.15) is 0 Å². The lowest BCUT2D eigenvalue weighted by atomic mass is 9.76. The Morgan fingerprint density at radius 1 is 1.47 bits per heavy atom. The van der Waals surface area contributed by atoms with Crippen molar-refractivity contribution in [3.8, 4) is 0 Å². The van der Waals surface area contributed by atoms with Crippen LogP contribution in [0.15, 0.2) is 22.7 Å². The first-order chi connectivity index (χ1) is 7.15. The van der Waals surface area contributed by atoms with Gasteiger partial charge in [-0.1, -0.05) is 11.6 Å². The summed E-state index contributed by atoms with van der Waals surface area (Å²) in [5, 5.41) is 4.23. The van der Waals surface area contributed by atoms with E-state index in [2.05, 4.69) is 21.2 Å². The van der Waals surface area contributed by atoms with Crippen molar-refractivity contribution in [2.45, 2.75) is 24.8 Å². The Morgan fingerprint density at radius 3 is 2.67 bits per heavy atom. The van der Waals surface area contributed by atoms with Crippen molar-refractivity contribution < 1.29 is 0 Å². The normalized spacial score (nSPS) is 18.3. The molecule has 1 aliphatic carbocycles. The predicted molar refractivity (Wildman–Crippen MR) is 68.4 cm³/mol. The van der Waals surface area contributed by atoms with Crippen LogP contribution in [0.25, 0.3) is 0 Å². The molecule has 2 rings (SSSR count). The van der Waals surface area contributed by atoms with E-state index in [1.165, 1.54) is 6.42 Å². The molecule has 3 N–H and O–H groups in total. The third-order valence-electron chi connectivity index (χ3n) is 3.03. The Kier molecular flexibility index (Phi) is 3.24. The maximum absolute atomic E-state index is 5.93. The van der Waals surface area contributed by atoms with E-state index in [1.54, 1.807) is 0 Å². The summed E-state index contributed by atoms with van der Waals surface area (Å²) in [6.07, 6.45) is 3.58. The van der Waals surface area contributed by atoms with E-state index in [9.17, 15) is 0 Å². The Labute approximate surface area is 103 Å². The highest BCUT2D eigenvalue weighted by atomic mass is 79.9. The van der Waals surface area contributed by atoms with Gasteiger partial charge in [-0.2, -0.15) is 0 Å². The van der Waals surface area contributed by atoms with Crippen molar-refractivity contribution in [3.05, 3.63) is 27.7 Å². The molecule has 1 aromatic carbocycles. The number of nitrogens with one attached hydrogen (secondary N) is 1. The van der Waals surface area contributed by atoms with Gasteiger partial charge >= 0.3 is 0 Å². The molecular weight excluding hydrogens is 275 g/mol. The fourth-order valence-electron chi connectivity index (χ4n) is 1.86. The van der Waals surface area contributed by atoms with Crippen LogP contribution in [0.3, 0.4) is 0 Å². The lowest BCUT2D eigenvalue weighted by Crippen LogP contribution is -2.51. The Balaban J connectivity index is 2.13. The van der Waals surface area contributed by atoms with E-state index in [0.717, 1.165) is 28.0 Å². The van der Waals surface area contributed by atoms with Gasteiger partial charge in [-0.15, -0.1) is 0 Å². The molecule has 0 heterocycles. The molecule has 2 nitrogen and oxygen atoms in total. The Morgan fingerprint density at radius 2 is 2.20 bits per heavy atom. The molecule has 0 saturated heterocycles. The van der Waals surface area contributed by atoms with Crippen LogP contribution in [-0.4, -0.2) is 12.1 Å². The number of benzene rings is 1. The second-order valence-electron chi connectivity index (χ2n) is 4.09. The van der Waals surface area contributed by atoms with Crippen LogP contribution in [0.4, 0.5) is 5.69 Å². The number of halogens is 2. The van der Waals surface area contributed by atoms with Crippen LogP contribution in [0.2, 0.25) is 5.02 Å². The molecule has 0 unspecified atom stereocenters. The van der Waals surface area contributed by atoms with Gasteiger partial charge in [0.25, 0.3) is 0 Å². The van der Waals surface area contributed by atoms with Crippen molar-refractivity contribution in [1.82, 2.24) is 0 Å². The Hall–Kier alpha value is -0.250. The first-order valence-electron chi connectivity index (χ1n) is 5.08. The number of anilines is 1. The van der Waals surface area contributed by atoms with Gasteiger partial charge in [-0.25, -0.2) is 0 Å². The summed E-state index contributed by atoms with van der Waals surface area (Å²) in [5.74, 6) is 0. The van der Waals surface area contributed by atoms with Crippen LogP contribution in [-0.2, 0) is 0 Å². The fourth-order valence-corrected chi connectivity index (χ4v) is 2.36.